The van der Waals surface area contributed by atoms with Crippen LogP contribution in [0.25, 0.3) is 0 Å². The van der Waals surface area contributed by atoms with Crippen LogP contribution in [0, 0.1) is 5.92 Å². The Bertz CT molecular complexity index is 563. The second-order valence-corrected chi connectivity index (χ2v) is 6.98. The molecule has 1 aromatic rings. The first-order valence-corrected chi connectivity index (χ1v) is 8.71. The average Bonchev–Trinajstić information content (AvgIpc) is 2.51. The predicted molar refractivity (Wildman–Crippen MR) is 94.9 cm³/mol. The summed E-state index contributed by atoms with van der Waals surface area (Å²) in [5, 5.41) is 39.9. The van der Waals surface area contributed by atoms with Crippen LogP contribution in [0.15, 0.2) is 24.3 Å². The average molecular weight is 350 g/mol. The van der Waals surface area contributed by atoms with Gasteiger partial charge in [-0.05, 0) is 49.2 Å². The lowest BCUT2D eigenvalue weighted by Gasteiger charge is -2.45. The molecule has 0 aromatic heterocycles. The third kappa shape index (κ3) is 5.44. The minimum Gasteiger partial charge on any atom is -0.508 e. The van der Waals surface area contributed by atoms with Gasteiger partial charge in [0.1, 0.15) is 11.3 Å². The van der Waals surface area contributed by atoms with Gasteiger partial charge in [0.2, 0.25) is 0 Å². The Morgan fingerprint density at radius 1 is 1.24 bits per heavy atom. The van der Waals surface area contributed by atoms with Crippen molar-refractivity contribution in [2.24, 2.45) is 11.7 Å². The van der Waals surface area contributed by atoms with Gasteiger partial charge in [0.15, 0.2) is 0 Å². The zero-order chi connectivity index (χ0) is 18.4. The van der Waals surface area contributed by atoms with Gasteiger partial charge in [-0.1, -0.05) is 25.0 Å². The second kappa shape index (κ2) is 8.67. The topological polar surface area (TPSA) is 136 Å². The highest BCUT2D eigenvalue weighted by Crippen LogP contribution is 2.38. The van der Waals surface area contributed by atoms with E-state index in [0.29, 0.717) is 38.6 Å². The molecule has 7 nitrogen and oxygen atoms in total. The number of aliphatic carboxylic acids is 1. The molecule has 0 bridgehead atoms. The number of aromatic hydroxyl groups is 1. The van der Waals surface area contributed by atoms with Crippen LogP contribution in [0.4, 0.5) is 0 Å². The Morgan fingerprint density at radius 2 is 1.88 bits per heavy atom. The highest BCUT2D eigenvalue weighted by Gasteiger charge is 2.47. The molecule has 0 spiro atoms. The summed E-state index contributed by atoms with van der Waals surface area (Å²) >= 11 is 0. The number of nitrogens with one attached hydrogen (secondary N) is 1. The van der Waals surface area contributed by atoms with Crippen LogP contribution in [-0.4, -0.2) is 44.9 Å². The number of phenolic OH excluding ortho intramolecular Hbond substituents is 1. The molecule has 138 valence electrons. The van der Waals surface area contributed by atoms with Gasteiger partial charge >= 0.3 is 13.1 Å². The molecule has 2 rings (SSSR count). The van der Waals surface area contributed by atoms with E-state index in [1.165, 1.54) is 0 Å². The maximum absolute atomic E-state index is 11.6. The van der Waals surface area contributed by atoms with Crippen molar-refractivity contribution in [1.29, 1.82) is 0 Å². The number of phenols is 1. The first-order chi connectivity index (χ1) is 11.8. The van der Waals surface area contributed by atoms with Crippen LogP contribution >= 0.6 is 0 Å². The summed E-state index contributed by atoms with van der Waals surface area (Å²) < 4.78 is 0. The summed E-state index contributed by atoms with van der Waals surface area (Å²) in [6, 6.07) is 7.20. The molecule has 7 N–H and O–H groups in total. The third-order valence-corrected chi connectivity index (χ3v) is 5.10. The van der Waals surface area contributed by atoms with Crippen molar-refractivity contribution in [3.8, 4) is 5.75 Å². The minimum absolute atomic E-state index is 0.0821. The van der Waals surface area contributed by atoms with Gasteiger partial charge in [-0.2, -0.15) is 0 Å². The Kier molecular flexibility index (Phi) is 6.83. The molecule has 0 radical (unpaired) electrons. The SMILES string of the molecule is NC(CCCCB(O)O)(C(=O)O)[C@H]1C[C@@H](NCc2ccc(O)cc2)C1. The van der Waals surface area contributed by atoms with Crippen molar-refractivity contribution < 1.29 is 25.1 Å². The number of benzene rings is 1. The number of hydrogen-bond donors (Lipinski definition) is 6. The van der Waals surface area contributed by atoms with Crippen LogP contribution in [0.1, 0.15) is 37.7 Å². The van der Waals surface area contributed by atoms with Crippen LogP contribution < -0.4 is 11.1 Å². The number of rotatable bonds is 10. The molecule has 1 saturated carbocycles. The summed E-state index contributed by atoms with van der Waals surface area (Å²) in [5.74, 6) is -0.837. The first-order valence-electron chi connectivity index (χ1n) is 8.71. The van der Waals surface area contributed by atoms with Crippen LogP contribution in [0.5, 0.6) is 5.75 Å². The second-order valence-electron chi connectivity index (χ2n) is 6.98. The van der Waals surface area contributed by atoms with Crippen molar-refractivity contribution in [3.05, 3.63) is 29.8 Å². The van der Waals surface area contributed by atoms with Gasteiger partial charge in [0.25, 0.3) is 0 Å². The van der Waals surface area contributed by atoms with Gasteiger partial charge in [0.05, 0.1) is 0 Å². The number of carbonyl (C=O) groups is 1. The number of unbranched alkanes of at least 4 members (excludes halogenated alkanes) is 1. The first kappa shape index (κ1) is 19.7. The van der Waals surface area contributed by atoms with Crippen molar-refractivity contribution in [2.75, 3.05) is 0 Å². The van der Waals surface area contributed by atoms with E-state index < -0.39 is 18.6 Å². The lowest BCUT2D eigenvalue weighted by molar-refractivity contribution is -0.148. The molecule has 1 fully saturated rings. The molecular formula is C17H27BN2O5. The molecule has 0 saturated heterocycles. The van der Waals surface area contributed by atoms with Gasteiger partial charge in [0, 0.05) is 12.6 Å². The van der Waals surface area contributed by atoms with Crippen molar-refractivity contribution in [1.82, 2.24) is 5.32 Å². The number of nitrogens with two attached hydrogens (primary N) is 1. The fourth-order valence-corrected chi connectivity index (χ4v) is 3.31. The summed E-state index contributed by atoms with van der Waals surface area (Å²) in [6.07, 6.45) is 3.09. The molecule has 1 atom stereocenters. The Labute approximate surface area is 148 Å². The summed E-state index contributed by atoms with van der Waals surface area (Å²) in [4.78, 5) is 11.6. The van der Waals surface area contributed by atoms with E-state index in [1.807, 2.05) is 12.1 Å². The molecule has 8 heteroatoms. The van der Waals surface area contributed by atoms with Crippen molar-refractivity contribution in [2.45, 2.75) is 56.5 Å². The predicted octanol–water partition coefficient (Wildman–Crippen LogP) is 0.686. The zero-order valence-corrected chi connectivity index (χ0v) is 14.3. The van der Waals surface area contributed by atoms with Gasteiger partial charge in [-0.3, -0.25) is 4.79 Å². The van der Waals surface area contributed by atoms with E-state index in [1.54, 1.807) is 12.1 Å². The Morgan fingerprint density at radius 3 is 2.44 bits per heavy atom. The monoisotopic (exact) mass is 350 g/mol. The van der Waals surface area contributed by atoms with Gasteiger partial charge < -0.3 is 31.3 Å². The molecule has 25 heavy (non-hydrogen) atoms. The van der Waals surface area contributed by atoms with E-state index >= 15 is 0 Å². The lowest BCUT2D eigenvalue weighted by Crippen LogP contribution is -2.61. The van der Waals surface area contributed by atoms with Crippen LogP contribution in [0.2, 0.25) is 6.32 Å². The fraction of sp³-hybridized carbons (Fsp3) is 0.588. The van der Waals surface area contributed by atoms with Crippen LogP contribution in [-0.2, 0) is 11.3 Å². The van der Waals surface area contributed by atoms with E-state index in [4.69, 9.17) is 15.8 Å². The van der Waals surface area contributed by atoms with Crippen molar-refractivity contribution >= 4 is 13.1 Å². The smallest absolute Gasteiger partial charge is 0.451 e. The van der Waals surface area contributed by atoms with Crippen LogP contribution in [0.3, 0.4) is 0 Å². The third-order valence-electron chi connectivity index (χ3n) is 5.10. The summed E-state index contributed by atoms with van der Waals surface area (Å²) in [7, 11) is -1.35. The molecule has 0 amide bonds. The zero-order valence-electron chi connectivity index (χ0n) is 14.3. The highest BCUT2D eigenvalue weighted by molar-refractivity contribution is 6.40. The molecule has 1 aliphatic carbocycles. The maximum Gasteiger partial charge on any atom is 0.451 e. The fourth-order valence-electron chi connectivity index (χ4n) is 3.31. The van der Waals surface area contributed by atoms with Gasteiger partial charge in [-0.25, -0.2) is 0 Å². The van der Waals surface area contributed by atoms with Crippen molar-refractivity contribution in [3.63, 3.8) is 0 Å². The maximum atomic E-state index is 11.6. The van der Waals surface area contributed by atoms with E-state index in [9.17, 15) is 15.0 Å². The Hall–Kier alpha value is -1.61. The normalized spacial score (nSPS) is 22.0. The number of hydrogen-bond acceptors (Lipinski definition) is 6. The van der Waals surface area contributed by atoms with E-state index in [0.717, 1.165) is 5.56 Å². The quantitative estimate of drug-likeness (QED) is 0.270. The summed E-state index contributed by atoms with van der Waals surface area (Å²) in [6.45, 7) is 0.663. The molecule has 1 unspecified atom stereocenters. The van der Waals surface area contributed by atoms with E-state index in [2.05, 4.69) is 5.32 Å². The number of carboxylic acid groups (broad SMARTS) is 1. The largest absolute Gasteiger partial charge is 0.508 e. The van der Waals surface area contributed by atoms with Gasteiger partial charge in [-0.15, -0.1) is 0 Å². The molecule has 1 aliphatic rings. The minimum atomic E-state index is -1.35. The Balaban J connectivity index is 1.76. The number of carboxylic acids is 1. The molecule has 1 aromatic carbocycles. The lowest BCUT2D eigenvalue weighted by atomic mass is 9.66. The summed E-state index contributed by atoms with van der Waals surface area (Å²) in [5.41, 5.74) is 5.97. The highest BCUT2D eigenvalue weighted by atomic mass is 16.4. The standard InChI is InChI=1S/C17H27BN2O5/c19-17(16(22)23,7-1-2-8-18(24)25)13-9-14(10-13)20-11-12-3-5-15(21)6-4-12/h3-6,13-14,20-21,24-25H,1-2,7-11,19H2,(H,22,23)/t13-,14+,17?. The molecular weight excluding hydrogens is 323 g/mol. The molecule has 0 heterocycles. The molecule has 0 aliphatic heterocycles. The van der Waals surface area contributed by atoms with E-state index in [-0.39, 0.29) is 24.0 Å².